The van der Waals surface area contributed by atoms with Crippen LogP contribution in [0.15, 0.2) is 48.6 Å². The van der Waals surface area contributed by atoms with E-state index < -0.39 is 6.10 Å². The standard InChI is InChI=1S/C45H80O5/c1-3-5-7-9-11-13-15-17-19-21-22-24-25-27-29-31-33-35-37-39-44(47)49-42-43(41-46)50-45(48)40-38-36-34-32-30-28-26-23-20-18-16-14-12-10-8-6-4-2/h11,13,17,19,22,24,27,29,43,46H,3-10,12,14-16,18,20-21,23,25-26,28,30-42H2,1-2H3. The van der Waals surface area contributed by atoms with Gasteiger partial charge in [0.05, 0.1) is 6.61 Å². The Hall–Kier alpha value is -2.14. The highest BCUT2D eigenvalue weighted by Gasteiger charge is 2.16. The number of hydrogen-bond donors (Lipinski definition) is 1. The molecule has 0 amide bonds. The predicted molar refractivity (Wildman–Crippen MR) is 214 cm³/mol. The topological polar surface area (TPSA) is 72.8 Å². The van der Waals surface area contributed by atoms with Gasteiger partial charge in [-0.15, -0.1) is 0 Å². The first-order valence-electron chi connectivity index (χ1n) is 21.2. The predicted octanol–water partition coefficient (Wildman–Crippen LogP) is 13.4. The van der Waals surface area contributed by atoms with Crippen LogP contribution in [0.1, 0.15) is 206 Å². The Morgan fingerprint density at radius 3 is 1.24 bits per heavy atom. The van der Waals surface area contributed by atoms with Crippen molar-refractivity contribution in [1.29, 1.82) is 0 Å². The summed E-state index contributed by atoms with van der Waals surface area (Å²) in [6, 6.07) is 0. The van der Waals surface area contributed by atoms with Crippen LogP contribution in [0.3, 0.4) is 0 Å². The van der Waals surface area contributed by atoms with Gasteiger partial charge in [-0.2, -0.15) is 0 Å². The molecule has 1 atom stereocenters. The van der Waals surface area contributed by atoms with Crippen LogP contribution >= 0.6 is 0 Å². The number of carbonyl (C=O) groups is 2. The molecule has 0 aromatic rings. The summed E-state index contributed by atoms with van der Waals surface area (Å²) in [4.78, 5) is 24.3. The molecule has 290 valence electrons. The van der Waals surface area contributed by atoms with Gasteiger partial charge in [0, 0.05) is 12.8 Å². The smallest absolute Gasteiger partial charge is 0.306 e. The van der Waals surface area contributed by atoms with Gasteiger partial charge in [-0.05, 0) is 57.8 Å². The normalized spacial score (nSPS) is 12.6. The second kappa shape index (κ2) is 41.3. The maximum Gasteiger partial charge on any atom is 0.306 e. The van der Waals surface area contributed by atoms with Gasteiger partial charge in [0.2, 0.25) is 0 Å². The van der Waals surface area contributed by atoms with Crippen molar-refractivity contribution in [3.63, 3.8) is 0 Å². The second-order valence-corrected chi connectivity index (χ2v) is 14.1. The van der Waals surface area contributed by atoms with E-state index in [1.807, 2.05) is 0 Å². The molecule has 5 heteroatoms. The van der Waals surface area contributed by atoms with E-state index in [0.29, 0.717) is 12.8 Å². The zero-order valence-electron chi connectivity index (χ0n) is 32.9. The van der Waals surface area contributed by atoms with E-state index in [-0.39, 0.29) is 25.2 Å². The molecule has 1 unspecified atom stereocenters. The summed E-state index contributed by atoms with van der Waals surface area (Å²) in [6.07, 6.45) is 51.7. The van der Waals surface area contributed by atoms with E-state index in [2.05, 4.69) is 62.5 Å². The fourth-order valence-corrected chi connectivity index (χ4v) is 5.89. The highest BCUT2D eigenvalue weighted by Crippen LogP contribution is 2.15. The van der Waals surface area contributed by atoms with Crippen LogP contribution in [0.2, 0.25) is 0 Å². The first-order chi connectivity index (χ1) is 24.6. The molecular weight excluding hydrogens is 620 g/mol. The quantitative estimate of drug-likeness (QED) is 0.0394. The lowest BCUT2D eigenvalue weighted by Gasteiger charge is -2.15. The van der Waals surface area contributed by atoms with Crippen LogP contribution in [-0.4, -0.2) is 36.4 Å². The van der Waals surface area contributed by atoms with Crippen molar-refractivity contribution in [1.82, 2.24) is 0 Å². The molecule has 0 aliphatic heterocycles. The van der Waals surface area contributed by atoms with E-state index in [1.165, 1.54) is 116 Å². The Bertz CT molecular complexity index is 842. The molecule has 0 aromatic heterocycles. The van der Waals surface area contributed by atoms with Crippen LogP contribution in [0.4, 0.5) is 0 Å². The first kappa shape index (κ1) is 47.9. The number of ether oxygens (including phenoxy) is 2. The van der Waals surface area contributed by atoms with Crippen molar-refractivity contribution < 1.29 is 24.2 Å². The zero-order chi connectivity index (χ0) is 36.4. The average molecular weight is 701 g/mol. The summed E-state index contributed by atoms with van der Waals surface area (Å²) in [5, 5.41) is 9.57. The summed E-state index contributed by atoms with van der Waals surface area (Å²) in [6.45, 7) is 4.09. The molecular formula is C45H80O5. The Labute approximate surface area is 309 Å². The molecule has 50 heavy (non-hydrogen) atoms. The SMILES string of the molecule is CCCCCC=CCC=CCC=CCC=CCCCCCC(=O)OCC(CO)OC(=O)CCCCCCCCCCCCCCCCCCC. The molecule has 0 spiro atoms. The molecule has 0 fully saturated rings. The Kier molecular flexibility index (Phi) is 39.5. The van der Waals surface area contributed by atoms with Crippen LogP contribution in [0.5, 0.6) is 0 Å². The lowest BCUT2D eigenvalue weighted by Crippen LogP contribution is -2.28. The highest BCUT2D eigenvalue weighted by molar-refractivity contribution is 5.70. The third kappa shape index (κ3) is 38.7. The zero-order valence-corrected chi connectivity index (χ0v) is 32.9. The molecule has 5 nitrogen and oxygen atoms in total. The maximum absolute atomic E-state index is 12.2. The number of unbranched alkanes of at least 4 members (excludes halogenated alkanes) is 22. The number of aliphatic hydroxyl groups excluding tert-OH is 1. The number of hydrogen-bond acceptors (Lipinski definition) is 5. The molecule has 0 aliphatic rings. The van der Waals surface area contributed by atoms with Gasteiger partial charge in [-0.1, -0.05) is 184 Å². The van der Waals surface area contributed by atoms with Crippen molar-refractivity contribution >= 4 is 11.9 Å². The molecule has 0 aliphatic carbocycles. The van der Waals surface area contributed by atoms with Crippen LogP contribution in [-0.2, 0) is 19.1 Å². The van der Waals surface area contributed by atoms with Gasteiger partial charge in [0.25, 0.3) is 0 Å². The van der Waals surface area contributed by atoms with Gasteiger partial charge >= 0.3 is 11.9 Å². The monoisotopic (exact) mass is 701 g/mol. The molecule has 0 rings (SSSR count). The van der Waals surface area contributed by atoms with Gasteiger partial charge < -0.3 is 14.6 Å². The number of allylic oxidation sites excluding steroid dienone is 8. The van der Waals surface area contributed by atoms with Gasteiger partial charge in [-0.25, -0.2) is 0 Å². The van der Waals surface area contributed by atoms with E-state index in [1.54, 1.807) is 0 Å². The summed E-state index contributed by atoms with van der Waals surface area (Å²) in [5.74, 6) is -0.622. The van der Waals surface area contributed by atoms with E-state index in [9.17, 15) is 14.7 Å². The molecule has 0 radical (unpaired) electrons. The summed E-state index contributed by atoms with van der Waals surface area (Å²) < 4.78 is 10.6. The number of aliphatic hydroxyl groups is 1. The lowest BCUT2D eigenvalue weighted by atomic mass is 10.0. The third-order valence-electron chi connectivity index (χ3n) is 9.13. The van der Waals surface area contributed by atoms with E-state index in [4.69, 9.17) is 9.47 Å². The summed E-state index contributed by atoms with van der Waals surface area (Å²) >= 11 is 0. The number of carbonyl (C=O) groups excluding carboxylic acids is 2. The van der Waals surface area contributed by atoms with E-state index >= 15 is 0 Å². The average Bonchev–Trinajstić information content (AvgIpc) is 3.12. The molecule has 1 N–H and O–H groups in total. The largest absolute Gasteiger partial charge is 0.462 e. The Balaban J connectivity index is 3.60. The van der Waals surface area contributed by atoms with Crippen molar-refractivity contribution in [2.75, 3.05) is 13.2 Å². The van der Waals surface area contributed by atoms with Crippen LogP contribution in [0.25, 0.3) is 0 Å². The summed E-state index contributed by atoms with van der Waals surface area (Å²) in [7, 11) is 0. The molecule has 0 saturated carbocycles. The number of esters is 2. The minimum Gasteiger partial charge on any atom is -0.462 e. The minimum atomic E-state index is -0.783. The maximum atomic E-state index is 12.2. The highest BCUT2D eigenvalue weighted by atomic mass is 16.6. The molecule has 0 aromatic carbocycles. The molecule has 0 heterocycles. The summed E-state index contributed by atoms with van der Waals surface area (Å²) in [5.41, 5.74) is 0. The minimum absolute atomic E-state index is 0.0810. The number of rotatable bonds is 38. The third-order valence-corrected chi connectivity index (χ3v) is 9.13. The van der Waals surface area contributed by atoms with Crippen molar-refractivity contribution in [3.8, 4) is 0 Å². The molecule has 0 saturated heterocycles. The van der Waals surface area contributed by atoms with Crippen molar-refractivity contribution in [2.24, 2.45) is 0 Å². The fourth-order valence-electron chi connectivity index (χ4n) is 5.89. The van der Waals surface area contributed by atoms with Gasteiger partial charge in [-0.3, -0.25) is 9.59 Å². The van der Waals surface area contributed by atoms with Crippen LogP contribution < -0.4 is 0 Å². The fraction of sp³-hybridized carbons (Fsp3) is 0.778. The van der Waals surface area contributed by atoms with Crippen LogP contribution in [0, 0.1) is 0 Å². The van der Waals surface area contributed by atoms with Crippen molar-refractivity contribution in [3.05, 3.63) is 48.6 Å². The Morgan fingerprint density at radius 2 is 0.800 bits per heavy atom. The lowest BCUT2D eigenvalue weighted by molar-refractivity contribution is -0.161. The van der Waals surface area contributed by atoms with Gasteiger partial charge in [0.15, 0.2) is 6.10 Å². The Morgan fingerprint density at radius 1 is 0.460 bits per heavy atom. The first-order valence-corrected chi connectivity index (χ1v) is 21.2. The van der Waals surface area contributed by atoms with Gasteiger partial charge in [0.1, 0.15) is 6.61 Å². The molecule has 0 bridgehead atoms. The van der Waals surface area contributed by atoms with E-state index in [0.717, 1.165) is 64.2 Å². The van der Waals surface area contributed by atoms with Crippen molar-refractivity contribution in [2.45, 2.75) is 213 Å². The second-order valence-electron chi connectivity index (χ2n) is 14.1.